The molecule has 5 heteroatoms. The summed E-state index contributed by atoms with van der Waals surface area (Å²) in [6.45, 7) is 2.45. The minimum absolute atomic E-state index is 0.178. The molecule has 0 spiro atoms. The normalized spacial score (nSPS) is 12.7. The van der Waals surface area contributed by atoms with Gasteiger partial charge in [0.25, 0.3) is 0 Å². The Morgan fingerprint density at radius 2 is 1.94 bits per heavy atom. The van der Waals surface area contributed by atoms with Crippen molar-refractivity contribution < 1.29 is 13.9 Å². The zero-order valence-electron chi connectivity index (χ0n) is 9.27. The summed E-state index contributed by atoms with van der Waals surface area (Å²) in [4.78, 5) is 0. The molecule has 17 heavy (non-hydrogen) atoms. The van der Waals surface area contributed by atoms with Crippen LogP contribution in [0.1, 0.15) is 24.3 Å². The van der Waals surface area contributed by atoms with Crippen molar-refractivity contribution in [1.82, 2.24) is 9.78 Å². The van der Waals surface area contributed by atoms with Crippen LogP contribution in [0, 0.1) is 11.6 Å². The number of halogens is 2. The highest BCUT2D eigenvalue weighted by Gasteiger charge is 2.16. The van der Waals surface area contributed by atoms with E-state index in [4.69, 9.17) is 0 Å². The Bertz CT molecular complexity index is 505. The third-order valence-corrected chi connectivity index (χ3v) is 2.53. The number of aliphatic hydroxyl groups is 1. The maximum atomic E-state index is 13.0. The molecular weight excluding hydrogens is 226 g/mol. The highest BCUT2D eigenvalue weighted by Crippen LogP contribution is 2.23. The molecule has 1 aromatic carbocycles. The van der Waals surface area contributed by atoms with Crippen LogP contribution in [-0.4, -0.2) is 14.9 Å². The molecule has 0 fully saturated rings. The summed E-state index contributed by atoms with van der Waals surface area (Å²) in [7, 11) is 0. The van der Waals surface area contributed by atoms with Crippen LogP contribution < -0.4 is 0 Å². The standard InChI is InChI=1S/C12H12F2N2O/c1-2-16-11(3-4-15-16)12(17)8-5-9(13)7-10(14)6-8/h3-7,12,17H,2H2,1H3. The summed E-state index contributed by atoms with van der Waals surface area (Å²) < 4.78 is 27.7. The van der Waals surface area contributed by atoms with E-state index in [2.05, 4.69) is 5.10 Å². The van der Waals surface area contributed by atoms with Crippen LogP contribution in [0.2, 0.25) is 0 Å². The Morgan fingerprint density at radius 1 is 1.29 bits per heavy atom. The number of aliphatic hydroxyl groups excluding tert-OH is 1. The van der Waals surface area contributed by atoms with E-state index in [1.165, 1.54) is 6.20 Å². The zero-order chi connectivity index (χ0) is 12.4. The van der Waals surface area contributed by atoms with E-state index < -0.39 is 17.7 Å². The second kappa shape index (κ2) is 4.63. The first-order valence-electron chi connectivity index (χ1n) is 5.27. The molecule has 2 rings (SSSR count). The van der Waals surface area contributed by atoms with Crippen LogP contribution in [0.15, 0.2) is 30.5 Å². The van der Waals surface area contributed by atoms with Crippen molar-refractivity contribution in [3.63, 3.8) is 0 Å². The number of aryl methyl sites for hydroxylation is 1. The number of hydrogen-bond donors (Lipinski definition) is 1. The number of aromatic nitrogens is 2. The summed E-state index contributed by atoms with van der Waals surface area (Å²) in [5, 5.41) is 14.0. The first-order valence-corrected chi connectivity index (χ1v) is 5.27. The van der Waals surface area contributed by atoms with Crippen molar-refractivity contribution in [3.05, 3.63) is 53.4 Å². The van der Waals surface area contributed by atoms with Gasteiger partial charge in [0.2, 0.25) is 0 Å². The third-order valence-electron chi connectivity index (χ3n) is 2.53. The molecule has 2 aromatic rings. The Balaban J connectivity index is 2.39. The predicted molar refractivity (Wildman–Crippen MR) is 58.3 cm³/mol. The van der Waals surface area contributed by atoms with Gasteiger partial charge in [-0.2, -0.15) is 5.10 Å². The Kier molecular flexibility index (Phi) is 3.19. The molecule has 3 nitrogen and oxygen atoms in total. The molecule has 0 radical (unpaired) electrons. The van der Waals surface area contributed by atoms with E-state index >= 15 is 0 Å². The van der Waals surface area contributed by atoms with E-state index in [-0.39, 0.29) is 5.56 Å². The SMILES string of the molecule is CCn1nccc1C(O)c1cc(F)cc(F)c1. The van der Waals surface area contributed by atoms with Gasteiger partial charge in [-0.25, -0.2) is 8.78 Å². The van der Waals surface area contributed by atoms with Gasteiger partial charge >= 0.3 is 0 Å². The van der Waals surface area contributed by atoms with Crippen molar-refractivity contribution in [1.29, 1.82) is 0 Å². The van der Waals surface area contributed by atoms with E-state index in [1.54, 1.807) is 10.7 Å². The van der Waals surface area contributed by atoms with E-state index in [0.29, 0.717) is 12.2 Å². The summed E-state index contributed by atoms with van der Waals surface area (Å²) in [6, 6.07) is 4.62. The molecule has 0 aliphatic rings. The average molecular weight is 238 g/mol. The minimum Gasteiger partial charge on any atom is -0.382 e. The molecule has 0 bridgehead atoms. The van der Waals surface area contributed by atoms with Crippen LogP contribution in [-0.2, 0) is 6.54 Å². The molecule has 90 valence electrons. The summed E-state index contributed by atoms with van der Waals surface area (Å²) >= 11 is 0. The van der Waals surface area contributed by atoms with Gasteiger partial charge in [-0.05, 0) is 30.7 Å². The van der Waals surface area contributed by atoms with Gasteiger partial charge in [-0.3, -0.25) is 4.68 Å². The minimum atomic E-state index is -1.08. The molecule has 0 amide bonds. The van der Waals surface area contributed by atoms with Gasteiger partial charge in [0.05, 0.1) is 5.69 Å². The van der Waals surface area contributed by atoms with Crippen LogP contribution >= 0.6 is 0 Å². The molecule has 0 saturated carbocycles. The second-order valence-electron chi connectivity index (χ2n) is 3.68. The van der Waals surface area contributed by atoms with Gasteiger partial charge in [0, 0.05) is 18.8 Å². The lowest BCUT2D eigenvalue weighted by Crippen LogP contribution is -2.09. The van der Waals surface area contributed by atoms with Crippen molar-refractivity contribution in [3.8, 4) is 0 Å². The first kappa shape index (κ1) is 11.7. The van der Waals surface area contributed by atoms with Crippen molar-refractivity contribution in [2.75, 3.05) is 0 Å². The van der Waals surface area contributed by atoms with Gasteiger partial charge in [-0.15, -0.1) is 0 Å². The van der Waals surface area contributed by atoms with Crippen LogP contribution in [0.4, 0.5) is 8.78 Å². The predicted octanol–water partition coefficient (Wildman–Crippen LogP) is 2.26. The van der Waals surface area contributed by atoms with Crippen molar-refractivity contribution in [2.24, 2.45) is 0 Å². The monoisotopic (exact) mass is 238 g/mol. The summed E-state index contributed by atoms with van der Waals surface area (Å²) in [5.41, 5.74) is 0.690. The molecule has 1 unspecified atom stereocenters. The van der Waals surface area contributed by atoms with E-state index in [9.17, 15) is 13.9 Å². The van der Waals surface area contributed by atoms with E-state index in [1.807, 2.05) is 6.92 Å². The Hall–Kier alpha value is -1.75. The summed E-state index contributed by atoms with van der Waals surface area (Å²) in [5.74, 6) is -1.41. The maximum Gasteiger partial charge on any atom is 0.126 e. The lowest BCUT2D eigenvalue weighted by atomic mass is 10.1. The van der Waals surface area contributed by atoms with Gasteiger partial charge in [0.1, 0.15) is 17.7 Å². The molecule has 1 atom stereocenters. The topological polar surface area (TPSA) is 38.0 Å². The molecule has 1 heterocycles. The van der Waals surface area contributed by atoms with Crippen molar-refractivity contribution >= 4 is 0 Å². The largest absolute Gasteiger partial charge is 0.382 e. The zero-order valence-corrected chi connectivity index (χ0v) is 9.27. The summed E-state index contributed by atoms with van der Waals surface area (Å²) in [6.07, 6.45) is 0.459. The molecule has 0 aliphatic heterocycles. The first-order chi connectivity index (χ1) is 8.11. The quantitative estimate of drug-likeness (QED) is 0.890. The molecule has 1 N–H and O–H groups in total. The average Bonchev–Trinajstić information content (AvgIpc) is 2.74. The number of hydrogen-bond acceptors (Lipinski definition) is 2. The lowest BCUT2D eigenvalue weighted by molar-refractivity contribution is 0.207. The fourth-order valence-corrected chi connectivity index (χ4v) is 1.74. The third kappa shape index (κ3) is 2.34. The highest BCUT2D eigenvalue weighted by molar-refractivity contribution is 5.26. The molecule has 0 saturated heterocycles. The molecule has 0 aliphatic carbocycles. The lowest BCUT2D eigenvalue weighted by Gasteiger charge is -2.13. The smallest absolute Gasteiger partial charge is 0.126 e. The molecular formula is C12H12F2N2O. The second-order valence-corrected chi connectivity index (χ2v) is 3.68. The Labute approximate surface area is 97.3 Å². The van der Waals surface area contributed by atoms with Crippen molar-refractivity contribution in [2.45, 2.75) is 19.6 Å². The van der Waals surface area contributed by atoms with Crippen LogP contribution in [0.3, 0.4) is 0 Å². The number of nitrogens with zero attached hydrogens (tertiary/aromatic N) is 2. The maximum absolute atomic E-state index is 13.0. The van der Waals surface area contributed by atoms with E-state index in [0.717, 1.165) is 18.2 Å². The number of rotatable bonds is 3. The fourth-order valence-electron chi connectivity index (χ4n) is 1.74. The Morgan fingerprint density at radius 3 is 2.53 bits per heavy atom. The van der Waals surface area contributed by atoms with Crippen LogP contribution in [0.5, 0.6) is 0 Å². The highest BCUT2D eigenvalue weighted by atomic mass is 19.1. The van der Waals surface area contributed by atoms with Crippen LogP contribution in [0.25, 0.3) is 0 Å². The van der Waals surface area contributed by atoms with Gasteiger partial charge in [0.15, 0.2) is 0 Å². The number of benzene rings is 1. The fraction of sp³-hybridized carbons (Fsp3) is 0.250. The van der Waals surface area contributed by atoms with Gasteiger partial charge in [-0.1, -0.05) is 0 Å². The molecule has 1 aromatic heterocycles. The van der Waals surface area contributed by atoms with Gasteiger partial charge < -0.3 is 5.11 Å².